The summed E-state index contributed by atoms with van der Waals surface area (Å²) in [6.07, 6.45) is 1.91. The monoisotopic (exact) mass is 334 g/mol. The van der Waals surface area contributed by atoms with Gasteiger partial charge in [-0.15, -0.1) is 0 Å². The minimum atomic E-state index is -0.0586. The highest BCUT2D eigenvalue weighted by Crippen LogP contribution is 2.30. The number of carbonyl (C=O) groups excluding carboxylic acids is 1. The van der Waals surface area contributed by atoms with Crippen molar-refractivity contribution in [3.05, 3.63) is 23.8 Å². The van der Waals surface area contributed by atoms with Crippen LogP contribution in [0.1, 0.15) is 45.2 Å². The maximum absolute atomic E-state index is 12.2. The third-order valence-electron chi connectivity index (χ3n) is 4.43. The van der Waals surface area contributed by atoms with Crippen LogP contribution in [0.5, 0.6) is 11.5 Å². The summed E-state index contributed by atoms with van der Waals surface area (Å²) in [5.74, 6) is 2.26. The fourth-order valence-corrected chi connectivity index (χ4v) is 2.77. The van der Waals surface area contributed by atoms with Crippen LogP contribution in [-0.2, 0) is 4.79 Å². The second kappa shape index (κ2) is 8.92. The highest BCUT2D eigenvalue weighted by molar-refractivity contribution is 5.79. The van der Waals surface area contributed by atoms with Crippen LogP contribution >= 0.6 is 0 Å². The van der Waals surface area contributed by atoms with Gasteiger partial charge in [-0.3, -0.25) is 4.79 Å². The number of hydrogen-bond donors (Lipinski definition) is 2. The first-order chi connectivity index (χ1) is 11.5. The lowest BCUT2D eigenvalue weighted by Gasteiger charge is -2.19. The van der Waals surface area contributed by atoms with Crippen LogP contribution in [0.3, 0.4) is 0 Å². The molecule has 1 heterocycles. The summed E-state index contributed by atoms with van der Waals surface area (Å²) in [7, 11) is 1.64. The predicted octanol–water partition coefficient (Wildman–Crippen LogP) is 2.91. The van der Waals surface area contributed by atoms with Gasteiger partial charge in [0.15, 0.2) is 11.5 Å². The van der Waals surface area contributed by atoms with E-state index in [1.807, 2.05) is 25.1 Å². The lowest BCUT2D eigenvalue weighted by Crippen LogP contribution is -2.33. The largest absolute Gasteiger partial charge is 0.493 e. The molecule has 1 fully saturated rings. The zero-order chi connectivity index (χ0) is 17.5. The summed E-state index contributed by atoms with van der Waals surface area (Å²) in [6, 6.07) is 5.80. The first-order valence-corrected chi connectivity index (χ1v) is 8.83. The number of amides is 1. The molecule has 0 saturated carbocycles. The molecule has 5 heteroatoms. The minimum absolute atomic E-state index is 0.0586. The van der Waals surface area contributed by atoms with E-state index in [9.17, 15) is 4.79 Å². The summed E-state index contributed by atoms with van der Waals surface area (Å²) in [6.45, 7) is 8.71. The molecule has 1 aromatic carbocycles. The maximum Gasteiger partial charge on any atom is 0.224 e. The van der Waals surface area contributed by atoms with Gasteiger partial charge in [-0.05, 0) is 49.9 Å². The molecule has 1 aliphatic rings. The van der Waals surface area contributed by atoms with Gasteiger partial charge in [0.25, 0.3) is 0 Å². The molecule has 0 bridgehead atoms. The van der Waals surface area contributed by atoms with Crippen molar-refractivity contribution in [3.8, 4) is 11.5 Å². The Hall–Kier alpha value is -1.75. The van der Waals surface area contributed by atoms with Crippen molar-refractivity contribution in [2.75, 3.05) is 26.8 Å². The van der Waals surface area contributed by atoms with Crippen molar-refractivity contribution in [1.82, 2.24) is 10.6 Å². The van der Waals surface area contributed by atoms with Crippen LogP contribution < -0.4 is 20.1 Å². The molecule has 0 aliphatic carbocycles. The Morgan fingerprint density at radius 1 is 1.33 bits per heavy atom. The zero-order valence-corrected chi connectivity index (χ0v) is 15.2. The Morgan fingerprint density at radius 2 is 2.12 bits per heavy atom. The molecular formula is C19H30N2O3. The number of hydrogen-bond acceptors (Lipinski definition) is 4. The molecule has 2 unspecified atom stereocenters. The van der Waals surface area contributed by atoms with Crippen LogP contribution in [-0.4, -0.2) is 32.7 Å². The van der Waals surface area contributed by atoms with E-state index in [2.05, 4.69) is 24.5 Å². The summed E-state index contributed by atoms with van der Waals surface area (Å²) in [5, 5.41) is 6.31. The third kappa shape index (κ3) is 5.13. The van der Waals surface area contributed by atoms with Gasteiger partial charge < -0.3 is 20.1 Å². The molecule has 5 nitrogen and oxygen atoms in total. The topological polar surface area (TPSA) is 59.6 Å². The molecule has 1 aliphatic heterocycles. The van der Waals surface area contributed by atoms with Crippen molar-refractivity contribution in [1.29, 1.82) is 0 Å². The van der Waals surface area contributed by atoms with Crippen molar-refractivity contribution in [2.45, 2.75) is 39.7 Å². The van der Waals surface area contributed by atoms with E-state index in [4.69, 9.17) is 9.47 Å². The second-order valence-corrected chi connectivity index (χ2v) is 6.86. The van der Waals surface area contributed by atoms with Crippen LogP contribution in [0.25, 0.3) is 0 Å². The number of rotatable bonds is 8. The fraction of sp³-hybridized carbons (Fsp3) is 0.632. The van der Waals surface area contributed by atoms with Gasteiger partial charge in [-0.2, -0.15) is 0 Å². The Bertz CT molecular complexity index is 539. The fourth-order valence-electron chi connectivity index (χ4n) is 2.77. The number of methoxy groups -OCH3 is 1. The molecule has 0 radical (unpaired) electrons. The predicted molar refractivity (Wildman–Crippen MR) is 95.5 cm³/mol. The molecule has 0 aromatic heterocycles. The molecule has 0 spiro atoms. The van der Waals surface area contributed by atoms with Crippen LogP contribution in [0, 0.1) is 11.8 Å². The van der Waals surface area contributed by atoms with Crippen molar-refractivity contribution < 1.29 is 14.3 Å². The first kappa shape index (κ1) is 18.6. The Labute approximate surface area is 145 Å². The summed E-state index contributed by atoms with van der Waals surface area (Å²) < 4.78 is 11.3. The lowest BCUT2D eigenvalue weighted by atomic mass is 10.0. The molecular weight excluding hydrogens is 304 g/mol. The Balaban J connectivity index is 1.97. The van der Waals surface area contributed by atoms with Gasteiger partial charge in [-0.1, -0.05) is 19.9 Å². The van der Waals surface area contributed by atoms with Gasteiger partial charge >= 0.3 is 0 Å². The number of carbonyl (C=O) groups is 1. The quantitative estimate of drug-likeness (QED) is 0.767. The molecule has 2 rings (SSSR count). The second-order valence-electron chi connectivity index (χ2n) is 6.86. The highest BCUT2D eigenvalue weighted by Gasteiger charge is 2.24. The first-order valence-electron chi connectivity index (χ1n) is 8.83. The van der Waals surface area contributed by atoms with Gasteiger partial charge in [0, 0.05) is 6.54 Å². The summed E-state index contributed by atoms with van der Waals surface area (Å²) in [4.78, 5) is 12.2. The van der Waals surface area contributed by atoms with Gasteiger partial charge in [-0.25, -0.2) is 0 Å². The Kier molecular flexibility index (Phi) is 6.91. The lowest BCUT2D eigenvalue weighted by molar-refractivity contribution is -0.125. The normalized spacial score (nSPS) is 18.5. The number of ether oxygens (including phenoxy) is 2. The van der Waals surface area contributed by atoms with Gasteiger partial charge in [0.05, 0.1) is 25.7 Å². The molecule has 2 atom stereocenters. The molecule has 24 heavy (non-hydrogen) atoms. The molecule has 134 valence electrons. The van der Waals surface area contributed by atoms with E-state index < -0.39 is 0 Å². The minimum Gasteiger partial charge on any atom is -0.493 e. The van der Waals surface area contributed by atoms with E-state index in [0.717, 1.165) is 37.2 Å². The highest BCUT2D eigenvalue weighted by atomic mass is 16.5. The smallest absolute Gasteiger partial charge is 0.224 e. The standard InChI is InChI=1S/C19H30N2O3/c1-13(2)8-10-24-17-6-5-15(11-18(17)23-4)14(3)21-19(22)16-7-9-20-12-16/h5-6,11,13-14,16,20H,7-10,12H2,1-4H3,(H,21,22). The van der Waals surface area contributed by atoms with Gasteiger partial charge in [0.1, 0.15) is 0 Å². The summed E-state index contributed by atoms with van der Waals surface area (Å²) in [5.41, 5.74) is 1.02. The third-order valence-corrected chi connectivity index (χ3v) is 4.43. The molecule has 2 N–H and O–H groups in total. The number of benzene rings is 1. The van der Waals surface area contributed by atoms with E-state index in [-0.39, 0.29) is 17.9 Å². The van der Waals surface area contributed by atoms with Crippen LogP contribution in [0.15, 0.2) is 18.2 Å². The van der Waals surface area contributed by atoms with Crippen molar-refractivity contribution in [2.24, 2.45) is 11.8 Å². The van der Waals surface area contributed by atoms with Crippen LogP contribution in [0.2, 0.25) is 0 Å². The summed E-state index contributed by atoms with van der Waals surface area (Å²) >= 11 is 0. The van der Waals surface area contributed by atoms with E-state index in [1.54, 1.807) is 7.11 Å². The van der Waals surface area contributed by atoms with Crippen molar-refractivity contribution in [3.63, 3.8) is 0 Å². The number of nitrogens with one attached hydrogen (secondary N) is 2. The zero-order valence-electron chi connectivity index (χ0n) is 15.2. The van der Waals surface area contributed by atoms with Crippen LogP contribution in [0.4, 0.5) is 0 Å². The van der Waals surface area contributed by atoms with Crippen molar-refractivity contribution >= 4 is 5.91 Å². The molecule has 1 aromatic rings. The SMILES string of the molecule is COc1cc(C(C)NC(=O)C2CCNC2)ccc1OCCC(C)C. The maximum atomic E-state index is 12.2. The van der Waals surface area contributed by atoms with E-state index in [1.165, 1.54) is 0 Å². The average molecular weight is 334 g/mol. The van der Waals surface area contributed by atoms with E-state index in [0.29, 0.717) is 18.3 Å². The molecule has 1 amide bonds. The average Bonchev–Trinajstić information content (AvgIpc) is 3.09. The van der Waals surface area contributed by atoms with Gasteiger partial charge in [0.2, 0.25) is 5.91 Å². The Morgan fingerprint density at radius 3 is 2.75 bits per heavy atom. The molecule has 1 saturated heterocycles. The van der Waals surface area contributed by atoms with E-state index >= 15 is 0 Å².